The first kappa shape index (κ1) is 13.3. The zero-order chi connectivity index (χ0) is 14.7. The van der Waals surface area contributed by atoms with Gasteiger partial charge in [0, 0.05) is 11.8 Å². The molecule has 0 aliphatic carbocycles. The van der Waals surface area contributed by atoms with E-state index in [0.717, 1.165) is 10.6 Å². The molecule has 0 radical (unpaired) electrons. The quantitative estimate of drug-likeness (QED) is 0.574. The maximum atomic E-state index is 9.41. The van der Waals surface area contributed by atoms with Crippen molar-refractivity contribution in [1.82, 2.24) is 10.2 Å². The van der Waals surface area contributed by atoms with Crippen LogP contribution in [0.15, 0.2) is 53.5 Å². The predicted molar refractivity (Wildman–Crippen MR) is 82.4 cm³/mol. The molecular formula is C15H11N3O2S. The van der Waals surface area contributed by atoms with Gasteiger partial charge in [-0.05, 0) is 23.8 Å². The Balaban J connectivity index is 1.81. The Morgan fingerprint density at radius 1 is 0.952 bits per heavy atom. The minimum Gasteiger partial charge on any atom is -0.504 e. The summed E-state index contributed by atoms with van der Waals surface area (Å²) < 4.78 is 0. The van der Waals surface area contributed by atoms with Crippen LogP contribution >= 0.6 is 11.3 Å². The first-order chi connectivity index (χ1) is 10.2. The van der Waals surface area contributed by atoms with Crippen LogP contribution in [0.25, 0.3) is 10.6 Å². The molecule has 0 amide bonds. The highest BCUT2D eigenvalue weighted by Crippen LogP contribution is 2.28. The average molecular weight is 297 g/mol. The highest BCUT2D eigenvalue weighted by atomic mass is 32.1. The van der Waals surface area contributed by atoms with E-state index in [1.807, 2.05) is 30.3 Å². The molecule has 0 saturated carbocycles. The van der Waals surface area contributed by atoms with Crippen LogP contribution in [0.1, 0.15) is 5.56 Å². The minimum absolute atomic E-state index is 0.158. The monoisotopic (exact) mass is 297 g/mol. The second-order valence-electron chi connectivity index (χ2n) is 4.26. The average Bonchev–Trinajstić information content (AvgIpc) is 2.98. The summed E-state index contributed by atoms with van der Waals surface area (Å²) in [6.45, 7) is 0. The first-order valence-electron chi connectivity index (χ1n) is 6.17. The van der Waals surface area contributed by atoms with E-state index < -0.39 is 0 Å². The van der Waals surface area contributed by atoms with Crippen LogP contribution in [-0.4, -0.2) is 26.6 Å². The van der Waals surface area contributed by atoms with Gasteiger partial charge in [0.25, 0.3) is 0 Å². The van der Waals surface area contributed by atoms with E-state index in [-0.39, 0.29) is 11.5 Å². The second kappa shape index (κ2) is 5.72. The lowest BCUT2D eigenvalue weighted by Crippen LogP contribution is -1.80. The maximum Gasteiger partial charge on any atom is 0.231 e. The largest absolute Gasteiger partial charge is 0.504 e. The smallest absolute Gasteiger partial charge is 0.231 e. The van der Waals surface area contributed by atoms with Gasteiger partial charge in [0.1, 0.15) is 5.01 Å². The van der Waals surface area contributed by atoms with Gasteiger partial charge in [-0.1, -0.05) is 41.7 Å². The van der Waals surface area contributed by atoms with Gasteiger partial charge < -0.3 is 10.2 Å². The zero-order valence-corrected chi connectivity index (χ0v) is 11.7. The maximum absolute atomic E-state index is 9.41. The molecule has 0 bridgehead atoms. The highest BCUT2D eigenvalue weighted by Gasteiger charge is 2.05. The number of phenols is 2. The van der Waals surface area contributed by atoms with Crippen molar-refractivity contribution in [2.45, 2.75) is 0 Å². The van der Waals surface area contributed by atoms with Crippen molar-refractivity contribution in [3.63, 3.8) is 0 Å². The molecule has 3 rings (SSSR count). The van der Waals surface area contributed by atoms with Crippen molar-refractivity contribution in [1.29, 1.82) is 0 Å². The van der Waals surface area contributed by atoms with E-state index in [0.29, 0.717) is 10.7 Å². The topological polar surface area (TPSA) is 78.6 Å². The molecule has 2 N–H and O–H groups in total. The molecule has 104 valence electrons. The molecule has 0 atom stereocenters. The molecule has 0 unspecified atom stereocenters. The van der Waals surface area contributed by atoms with Crippen molar-refractivity contribution in [2.24, 2.45) is 4.99 Å². The van der Waals surface area contributed by atoms with Crippen molar-refractivity contribution < 1.29 is 10.2 Å². The van der Waals surface area contributed by atoms with Gasteiger partial charge in [-0.25, -0.2) is 4.99 Å². The molecule has 0 aliphatic rings. The Labute approximate surface area is 124 Å². The van der Waals surface area contributed by atoms with E-state index in [1.54, 1.807) is 12.3 Å². The predicted octanol–water partition coefficient (Wildman–Crippen LogP) is 3.37. The van der Waals surface area contributed by atoms with E-state index >= 15 is 0 Å². The van der Waals surface area contributed by atoms with Gasteiger partial charge in [0.05, 0.1) is 0 Å². The third kappa shape index (κ3) is 3.06. The van der Waals surface area contributed by atoms with Crippen LogP contribution in [0, 0.1) is 0 Å². The fourth-order valence-electron chi connectivity index (χ4n) is 1.72. The van der Waals surface area contributed by atoms with Gasteiger partial charge in [0.15, 0.2) is 11.5 Å². The van der Waals surface area contributed by atoms with Crippen LogP contribution < -0.4 is 0 Å². The normalized spacial score (nSPS) is 11.0. The summed E-state index contributed by atoms with van der Waals surface area (Å²) in [5, 5.41) is 28.1. The van der Waals surface area contributed by atoms with E-state index in [9.17, 15) is 10.2 Å². The van der Waals surface area contributed by atoms with Crippen LogP contribution in [-0.2, 0) is 0 Å². The molecular weight excluding hydrogens is 286 g/mol. The number of aromatic hydroxyl groups is 2. The molecule has 1 aromatic heterocycles. The van der Waals surface area contributed by atoms with Crippen LogP contribution in [0.4, 0.5) is 5.13 Å². The van der Waals surface area contributed by atoms with Gasteiger partial charge in [-0.15, -0.1) is 10.2 Å². The Kier molecular flexibility index (Phi) is 3.61. The number of rotatable bonds is 3. The Morgan fingerprint density at radius 2 is 1.76 bits per heavy atom. The Bertz CT molecular complexity index is 785. The third-order valence-electron chi connectivity index (χ3n) is 2.76. The fraction of sp³-hybridized carbons (Fsp3) is 0. The number of phenolic OH excluding ortho intramolecular Hbond substituents is 2. The molecule has 0 spiro atoms. The van der Waals surface area contributed by atoms with Gasteiger partial charge in [-0.3, -0.25) is 0 Å². The summed E-state index contributed by atoms with van der Waals surface area (Å²) >= 11 is 1.38. The Morgan fingerprint density at radius 3 is 2.52 bits per heavy atom. The van der Waals surface area contributed by atoms with E-state index in [2.05, 4.69) is 15.2 Å². The first-order valence-corrected chi connectivity index (χ1v) is 6.99. The molecule has 1 heterocycles. The molecule has 6 heteroatoms. The number of aliphatic imine (C=N–C) groups is 1. The third-order valence-corrected chi connectivity index (χ3v) is 3.64. The number of aromatic nitrogens is 2. The summed E-state index contributed by atoms with van der Waals surface area (Å²) in [5.41, 5.74) is 1.67. The van der Waals surface area contributed by atoms with Crippen molar-refractivity contribution in [2.75, 3.05) is 0 Å². The summed E-state index contributed by atoms with van der Waals surface area (Å²) in [6, 6.07) is 14.2. The van der Waals surface area contributed by atoms with Crippen LogP contribution in [0.2, 0.25) is 0 Å². The van der Waals surface area contributed by atoms with Gasteiger partial charge in [-0.2, -0.15) is 0 Å². The lowest BCUT2D eigenvalue weighted by Gasteiger charge is -1.97. The molecule has 0 fully saturated rings. The van der Waals surface area contributed by atoms with Crippen LogP contribution in [0.5, 0.6) is 11.5 Å². The lowest BCUT2D eigenvalue weighted by atomic mass is 10.2. The highest BCUT2D eigenvalue weighted by molar-refractivity contribution is 7.18. The number of hydrogen-bond acceptors (Lipinski definition) is 6. The van der Waals surface area contributed by atoms with Gasteiger partial charge >= 0.3 is 0 Å². The molecule has 3 aromatic rings. The minimum atomic E-state index is -0.179. The molecule has 5 nitrogen and oxygen atoms in total. The molecule has 0 saturated heterocycles. The molecule has 2 aromatic carbocycles. The fourth-order valence-corrected chi connectivity index (χ4v) is 2.41. The lowest BCUT2D eigenvalue weighted by molar-refractivity contribution is 0.403. The van der Waals surface area contributed by atoms with Crippen molar-refractivity contribution in [3.8, 4) is 22.1 Å². The van der Waals surface area contributed by atoms with E-state index in [1.165, 1.54) is 23.5 Å². The van der Waals surface area contributed by atoms with Gasteiger partial charge in [0.2, 0.25) is 5.13 Å². The Hall–Kier alpha value is -2.73. The standard InChI is InChI=1S/C15H11N3O2S/c19-12-7-6-10(8-13(12)20)9-16-15-18-17-14(21-15)11-4-2-1-3-5-11/h1-9,19-20H. The summed E-state index contributed by atoms with van der Waals surface area (Å²) in [6.07, 6.45) is 1.56. The number of hydrogen-bond donors (Lipinski definition) is 2. The zero-order valence-electron chi connectivity index (χ0n) is 10.8. The number of benzene rings is 2. The summed E-state index contributed by atoms with van der Waals surface area (Å²) in [7, 11) is 0. The summed E-state index contributed by atoms with van der Waals surface area (Å²) in [4.78, 5) is 4.22. The van der Waals surface area contributed by atoms with Crippen molar-refractivity contribution >= 4 is 22.7 Å². The number of nitrogens with zero attached hydrogens (tertiary/aromatic N) is 3. The van der Waals surface area contributed by atoms with E-state index in [4.69, 9.17) is 0 Å². The summed E-state index contributed by atoms with van der Waals surface area (Å²) in [5.74, 6) is -0.337. The van der Waals surface area contributed by atoms with Crippen LogP contribution in [0.3, 0.4) is 0 Å². The molecule has 21 heavy (non-hydrogen) atoms. The molecule has 0 aliphatic heterocycles. The van der Waals surface area contributed by atoms with Crippen molar-refractivity contribution in [3.05, 3.63) is 54.1 Å². The second-order valence-corrected chi connectivity index (χ2v) is 5.22. The SMILES string of the molecule is Oc1ccc(C=Nc2nnc(-c3ccccc3)s2)cc1O.